The van der Waals surface area contributed by atoms with Crippen molar-refractivity contribution in [3.63, 3.8) is 0 Å². The molecule has 0 bridgehead atoms. The van der Waals surface area contributed by atoms with Crippen LogP contribution in [0.5, 0.6) is 0 Å². The van der Waals surface area contributed by atoms with E-state index in [9.17, 15) is 9.59 Å². The van der Waals surface area contributed by atoms with Crippen LogP contribution in [0, 0.1) is 16.7 Å². The van der Waals surface area contributed by atoms with Gasteiger partial charge >= 0.3 is 6.09 Å². The molecule has 0 atom stereocenters. The molecule has 0 rings (SSSR count). The van der Waals surface area contributed by atoms with Crippen LogP contribution < -0.4 is 10.7 Å². The van der Waals surface area contributed by atoms with E-state index in [4.69, 9.17) is 24.9 Å². The second kappa shape index (κ2) is 26.7. The third kappa shape index (κ3) is 34.1. The fourth-order valence-corrected chi connectivity index (χ4v) is 1.76. The lowest BCUT2D eigenvalue weighted by atomic mass is 10.2. The van der Waals surface area contributed by atoms with E-state index in [1.807, 2.05) is 40.7 Å². The Balaban J connectivity index is -0.000000265. The molecule has 3 N–H and O–H groups in total. The number of nitrogens with zero attached hydrogens (tertiary/aromatic N) is 2. The van der Waals surface area contributed by atoms with Gasteiger partial charge in [-0.2, -0.15) is 5.26 Å². The van der Waals surface area contributed by atoms with Crippen LogP contribution in [-0.4, -0.2) is 49.2 Å². The Bertz CT molecular complexity index is 586. The lowest BCUT2D eigenvalue weighted by Gasteiger charge is -2.19. The monoisotopic (exact) mass is 507 g/mol. The van der Waals surface area contributed by atoms with Gasteiger partial charge in [-0.15, -0.1) is 17.5 Å². The van der Waals surface area contributed by atoms with Gasteiger partial charge in [-0.1, -0.05) is 20.8 Å². The molecule has 200 valence electrons. The van der Waals surface area contributed by atoms with Crippen molar-refractivity contribution < 1.29 is 23.8 Å². The lowest BCUT2D eigenvalue weighted by molar-refractivity contribution is -0.120. The zero-order valence-electron chi connectivity index (χ0n) is 22.2. The Labute approximate surface area is 212 Å². The van der Waals surface area contributed by atoms with E-state index in [1.165, 1.54) is 0 Å². The minimum Gasteiger partial charge on any atom is -0.481 e. The second-order valence-electron chi connectivity index (χ2n) is 7.59. The molecule has 0 heterocycles. The standard InChI is InChI=1S/C13H25N3O4.C6H13NO.C4H7N.ClH/c1-6-8-11(19-7-2)16-15-10(17)9-14-12(18)20-13(3,4)5;1-3-5-6(7)8-4-2;1-2-3-4-5;/h6-9H2,1-5H3,(H,14,18)(H,15,17);7H,3-5H2,1-2H3;2-3H2,1H3;1H/b16-11+;;;. The highest BCUT2D eigenvalue weighted by molar-refractivity contribution is 5.85. The minimum atomic E-state index is -0.643. The maximum absolute atomic E-state index is 11.5. The smallest absolute Gasteiger partial charge is 0.408 e. The predicted octanol–water partition coefficient (Wildman–Crippen LogP) is 5.31. The van der Waals surface area contributed by atoms with E-state index < -0.39 is 17.6 Å². The van der Waals surface area contributed by atoms with Crippen molar-refractivity contribution in [2.45, 2.75) is 99.5 Å². The zero-order chi connectivity index (χ0) is 26.1. The summed E-state index contributed by atoms with van der Waals surface area (Å²) in [5, 5.41) is 21.1. The van der Waals surface area contributed by atoms with E-state index in [2.05, 4.69) is 15.8 Å². The topological polar surface area (TPSA) is 146 Å². The number of hydrogen-bond acceptors (Lipinski definition) is 8. The van der Waals surface area contributed by atoms with E-state index >= 15 is 0 Å². The quantitative estimate of drug-likeness (QED) is 0.207. The molecule has 0 radical (unpaired) electrons. The van der Waals surface area contributed by atoms with Crippen molar-refractivity contribution in [3.05, 3.63) is 0 Å². The minimum absolute atomic E-state index is 0. The van der Waals surface area contributed by atoms with Gasteiger partial charge in [0.15, 0.2) is 5.90 Å². The Morgan fingerprint density at radius 1 is 0.971 bits per heavy atom. The molecule has 0 unspecified atom stereocenters. The average molecular weight is 508 g/mol. The van der Waals surface area contributed by atoms with Crippen molar-refractivity contribution in [1.29, 1.82) is 10.7 Å². The fraction of sp³-hybridized carbons (Fsp3) is 0.783. The fourth-order valence-electron chi connectivity index (χ4n) is 1.76. The molecule has 0 saturated heterocycles. The summed E-state index contributed by atoms with van der Waals surface area (Å²) in [6.07, 6.45) is 4.32. The summed E-state index contributed by atoms with van der Waals surface area (Å²) in [7, 11) is 0. The molecule has 0 aliphatic heterocycles. The largest absolute Gasteiger partial charge is 0.481 e. The number of alkyl carbamates (subject to hydrolysis) is 1. The van der Waals surface area contributed by atoms with E-state index in [0.29, 0.717) is 37.9 Å². The number of hydrogen-bond donors (Lipinski definition) is 3. The molecule has 0 aliphatic carbocycles. The summed E-state index contributed by atoms with van der Waals surface area (Å²) in [6, 6.07) is 2.02. The van der Waals surface area contributed by atoms with E-state index in [1.54, 1.807) is 20.8 Å². The van der Waals surface area contributed by atoms with Crippen molar-refractivity contribution in [2.75, 3.05) is 19.8 Å². The van der Waals surface area contributed by atoms with Crippen LogP contribution in [0.25, 0.3) is 0 Å². The molecule has 0 aromatic carbocycles. The Hall–Kier alpha value is -2.54. The number of carbonyl (C=O) groups excluding carboxylic acids is 2. The van der Waals surface area contributed by atoms with Gasteiger partial charge in [0, 0.05) is 19.3 Å². The average Bonchev–Trinajstić information content (AvgIpc) is 2.71. The van der Waals surface area contributed by atoms with Crippen molar-refractivity contribution >= 4 is 36.2 Å². The number of amides is 2. The summed E-state index contributed by atoms with van der Waals surface area (Å²) in [5.74, 6) is 0.444. The molecule has 2 amide bonds. The van der Waals surface area contributed by atoms with E-state index in [0.717, 1.165) is 25.7 Å². The molecule has 0 aliphatic rings. The summed E-state index contributed by atoms with van der Waals surface area (Å²) < 4.78 is 15.1. The lowest BCUT2D eigenvalue weighted by Crippen LogP contribution is -2.38. The van der Waals surface area contributed by atoms with Crippen molar-refractivity contribution in [1.82, 2.24) is 10.7 Å². The van der Waals surface area contributed by atoms with Crippen LogP contribution in [-0.2, 0) is 19.0 Å². The Morgan fingerprint density at radius 2 is 1.53 bits per heavy atom. The van der Waals surface area contributed by atoms with Gasteiger partial charge < -0.3 is 19.5 Å². The number of nitrogens with one attached hydrogen (secondary N) is 3. The number of ether oxygens (including phenoxy) is 3. The molecule has 0 aromatic rings. The van der Waals surface area contributed by atoms with Crippen molar-refractivity contribution in [2.24, 2.45) is 5.10 Å². The van der Waals surface area contributed by atoms with Gasteiger partial charge in [0.2, 0.25) is 5.90 Å². The maximum atomic E-state index is 11.5. The third-order valence-electron chi connectivity index (χ3n) is 3.03. The summed E-state index contributed by atoms with van der Waals surface area (Å²) in [6.45, 7) is 15.9. The van der Waals surface area contributed by atoms with Crippen LogP contribution in [0.1, 0.15) is 93.9 Å². The molecule has 0 fully saturated rings. The first kappa shape index (κ1) is 38.7. The van der Waals surface area contributed by atoms with Gasteiger partial charge in [-0.05, 0) is 53.9 Å². The van der Waals surface area contributed by atoms with Gasteiger partial charge in [-0.25, -0.2) is 10.2 Å². The highest BCUT2D eigenvalue weighted by Crippen LogP contribution is 2.06. The summed E-state index contributed by atoms with van der Waals surface area (Å²) in [4.78, 5) is 22.8. The molecule has 11 heteroatoms. The van der Waals surface area contributed by atoms with Crippen LogP contribution in [0.3, 0.4) is 0 Å². The number of carbonyl (C=O) groups is 2. The number of unbranched alkanes of at least 4 members (excludes halogenated alkanes) is 1. The number of halogens is 1. The number of rotatable bonds is 10. The van der Waals surface area contributed by atoms with Crippen molar-refractivity contribution in [3.8, 4) is 6.07 Å². The number of hydrazone groups is 1. The summed E-state index contributed by atoms with van der Waals surface area (Å²) >= 11 is 0. The van der Waals surface area contributed by atoms with Crippen LogP contribution in [0.15, 0.2) is 5.10 Å². The Kier molecular flexibility index (Phi) is 30.4. The highest BCUT2D eigenvalue weighted by Gasteiger charge is 2.16. The molecule has 10 nitrogen and oxygen atoms in total. The Morgan fingerprint density at radius 3 is 1.91 bits per heavy atom. The number of nitriles is 1. The molecular weight excluding hydrogens is 462 g/mol. The SMILES string of the molecule is CCC/C(=N\NC(=O)CNC(=O)OC(C)(C)C)OCC.CCCC#N.CCCC(=N)OCC.Cl. The second-order valence-corrected chi connectivity index (χ2v) is 7.59. The molecule has 0 aromatic heterocycles. The van der Waals surface area contributed by atoms with Gasteiger partial charge in [0.1, 0.15) is 12.1 Å². The van der Waals surface area contributed by atoms with Crippen LogP contribution >= 0.6 is 12.4 Å². The zero-order valence-corrected chi connectivity index (χ0v) is 23.0. The van der Waals surface area contributed by atoms with Gasteiger partial charge in [-0.3, -0.25) is 10.2 Å². The molecule has 0 spiro atoms. The molecule has 0 saturated carbocycles. The maximum Gasteiger partial charge on any atom is 0.408 e. The van der Waals surface area contributed by atoms with Crippen LogP contribution in [0.4, 0.5) is 4.79 Å². The third-order valence-corrected chi connectivity index (χ3v) is 3.03. The first-order valence-electron chi connectivity index (χ1n) is 11.5. The van der Waals surface area contributed by atoms with Gasteiger partial charge in [0.05, 0.1) is 19.3 Å². The summed E-state index contributed by atoms with van der Waals surface area (Å²) in [5.41, 5.74) is 1.73. The van der Waals surface area contributed by atoms with Crippen LogP contribution in [0.2, 0.25) is 0 Å². The molecular formula is C23H46ClN5O5. The first-order valence-corrected chi connectivity index (χ1v) is 11.5. The molecule has 34 heavy (non-hydrogen) atoms. The van der Waals surface area contributed by atoms with E-state index in [-0.39, 0.29) is 19.0 Å². The highest BCUT2D eigenvalue weighted by atomic mass is 35.5. The predicted molar refractivity (Wildman–Crippen MR) is 138 cm³/mol. The van der Waals surface area contributed by atoms with Gasteiger partial charge in [0.25, 0.3) is 5.91 Å². The first-order chi connectivity index (χ1) is 15.5. The normalized spacial score (nSPS) is 9.91.